The summed E-state index contributed by atoms with van der Waals surface area (Å²) in [5, 5.41) is 0.722. The van der Waals surface area contributed by atoms with Crippen molar-refractivity contribution in [3.8, 4) is 0 Å². The van der Waals surface area contributed by atoms with E-state index in [1.165, 1.54) is 12.7 Å². The van der Waals surface area contributed by atoms with E-state index >= 15 is 0 Å². The van der Waals surface area contributed by atoms with Crippen molar-refractivity contribution in [3.05, 3.63) is 75.8 Å². The van der Waals surface area contributed by atoms with Gasteiger partial charge in [0.25, 0.3) is 0 Å². The number of hydrogen-bond donors (Lipinski definition) is 0. The molecule has 0 radical (unpaired) electrons. The van der Waals surface area contributed by atoms with Crippen LogP contribution in [0.2, 0.25) is 5.02 Å². The van der Waals surface area contributed by atoms with Crippen LogP contribution in [0, 0.1) is 0 Å². The van der Waals surface area contributed by atoms with Gasteiger partial charge in [-0.2, -0.15) is 0 Å². The van der Waals surface area contributed by atoms with Gasteiger partial charge in [-0.1, -0.05) is 41.9 Å². The van der Waals surface area contributed by atoms with Gasteiger partial charge in [0.15, 0.2) is 0 Å². The zero-order chi connectivity index (χ0) is 14.8. The summed E-state index contributed by atoms with van der Waals surface area (Å²) in [4.78, 5) is 11.7. The first-order chi connectivity index (χ1) is 10.2. The van der Waals surface area contributed by atoms with Gasteiger partial charge in [-0.05, 0) is 47.7 Å². The number of hydrogen-bond acceptors (Lipinski definition) is 2. The van der Waals surface area contributed by atoms with Crippen molar-refractivity contribution in [1.82, 2.24) is 0 Å². The molecule has 2 aromatic rings. The lowest BCUT2D eigenvalue weighted by atomic mass is 9.86. The number of fused-ring (bicyclic) bond motifs is 1. The van der Waals surface area contributed by atoms with Crippen molar-refractivity contribution in [2.75, 3.05) is 7.11 Å². The molecule has 0 bridgehead atoms. The van der Waals surface area contributed by atoms with Crippen molar-refractivity contribution in [1.29, 1.82) is 0 Å². The fraction of sp³-hybridized carbons (Fsp3) is 0.167. The molecule has 0 spiro atoms. The average Bonchev–Trinajstić information content (AvgIpc) is 2.53. The van der Waals surface area contributed by atoms with Gasteiger partial charge in [0.1, 0.15) is 0 Å². The zero-order valence-electron chi connectivity index (χ0n) is 11.7. The minimum atomic E-state index is -0.318. The van der Waals surface area contributed by atoms with Crippen molar-refractivity contribution < 1.29 is 9.53 Å². The first-order valence-corrected chi connectivity index (χ1v) is 7.25. The second-order valence-electron chi connectivity index (χ2n) is 5.00. The van der Waals surface area contributed by atoms with Crippen LogP contribution in [0.15, 0.2) is 48.5 Å². The van der Waals surface area contributed by atoms with Crippen molar-refractivity contribution in [2.24, 2.45) is 0 Å². The Balaban J connectivity index is 2.13. The summed E-state index contributed by atoms with van der Waals surface area (Å²) in [6, 6.07) is 13.5. The molecular formula is C18H15ClO2. The van der Waals surface area contributed by atoms with E-state index in [9.17, 15) is 4.79 Å². The van der Waals surface area contributed by atoms with Gasteiger partial charge in [0.2, 0.25) is 0 Å². The summed E-state index contributed by atoms with van der Waals surface area (Å²) in [7, 11) is 1.40. The predicted molar refractivity (Wildman–Crippen MR) is 84.6 cm³/mol. The maximum atomic E-state index is 11.7. The van der Waals surface area contributed by atoms with Crippen LogP contribution in [0.3, 0.4) is 0 Å². The molecule has 0 saturated heterocycles. The third-order valence-electron chi connectivity index (χ3n) is 3.75. The Bertz CT molecular complexity index is 732. The smallest absolute Gasteiger partial charge is 0.337 e. The molecule has 0 N–H and O–H groups in total. The minimum Gasteiger partial charge on any atom is -0.465 e. The van der Waals surface area contributed by atoms with Gasteiger partial charge < -0.3 is 4.74 Å². The quantitative estimate of drug-likeness (QED) is 0.763. The molecule has 2 nitrogen and oxygen atoms in total. The predicted octanol–water partition coefficient (Wildman–Crippen LogP) is 4.50. The Morgan fingerprint density at radius 2 is 1.95 bits per heavy atom. The second kappa shape index (κ2) is 5.74. The van der Waals surface area contributed by atoms with E-state index in [0.717, 1.165) is 34.6 Å². The molecule has 0 unspecified atom stereocenters. The van der Waals surface area contributed by atoms with Crippen LogP contribution in [0.4, 0.5) is 0 Å². The van der Waals surface area contributed by atoms with Crippen molar-refractivity contribution >= 4 is 23.1 Å². The Kier molecular flexibility index (Phi) is 3.80. The maximum Gasteiger partial charge on any atom is 0.337 e. The van der Waals surface area contributed by atoms with Gasteiger partial charge in [0, 0.05) is 10.6 Å². The summed E-state index contributed by atoms with van der Waals surface area (Å²) in [6.07, 6.45) is 4.14. The van der Waals surface area contributed by atoms with E-state index < -0.39 is 0 Å². The molecule has 0 saturated carbocycles. The molecule has 0 heterocycles. The third kappa shape index (κ3) is 2.59. The second-order valence-corrected chi connectivity index (χ2v) is 5.41. The number of carbonyl (C=O) groups excluding carboxylic acids is 1. The van der Waals surface area contributed by atoms with E-state index in [1.54, 1.807) is 0 Å². The summed E-state index contributed by atoms with van der Waals surface area (Å²) in [6.45, 7) is 0. The Labute approximate surface area is 129 Å². The molecule has 0 aliphatic heterocycles. The molecule has 2 aromatic carbocycles. The largest absolute Gasteiger partial charge is 0.465 e. The van der Waals surface area contributed by atoms with E-state index in [-0.39, 0.29) is 5.97 Å². The van der Waals surface area contributed by atoms with Gasteiger partial charge in [-0.3, -0.25) is 0 Å². The highest BCUT2D eigenvalue weighted by Crippen LogP contribution is 2.35. The van der Waals surface area contributed by atoms with E-state index in [4.69, 9.17) is 16.3 Å². The first kappa shape index (κ1) is 13.9. The number of allylic oxidation sites excluding steroid dienone is 1. The highest BCUT2D eigenvalue weighted by Gasteiger charge is 2.18. The van der Waals surface area contributed by atoms with Gasteiger partial charge in [-0.25, -0.2) is 4.79 Å². The molecule has 0 atom stereocenters. The number of rotatable bonds is 2. The third-order valence-corrected chi connectivity index (χ3v) is 4.08. The highest BCUT2D eigenvalue weighted by molar-refractivity contribution is 6.32. The van der Waals surface area contributed by atoms with Crippen LogP contribution in [0.1, 0.15) is 33.5 Å². The molecule has 3 rings (SSSR count). The lowest BCUT2D eigenvalue weighted by Gasteiger charge is -2.19. The lowest BCUT2D eigenvalue weighted by Crippen LogP contribution is -2.06. The first-order valence-electron chi connectivity index (χ1n) is 6.87. The number of methoxy groups -OCH3 is 1. The van der Waals surface area contributed by atoms with Crippen LogP contribution >= 0.6 is 11.6 Å². The highest BCUT2D eigenvalue weighted by atomic mass is 35.5. The monoisotopic (exact) mass is 298 g/mol. The zero-order valence-corrected chi connectivity index (χ0v) is 12.5. The summed E-state index contributed by atoms with van der Waals surface area (Å²) in [5.74, 6) is -0.318. The molecule has 0 aromatic heterocycles. The van der Waals surface area contributed by atoms with Crippen LogP contribution in [0.25, 0.3) is 5.57 Å². The normalized spacial score (nSPS) is 13.3. The molecule has 0 amide bonds. The maximum absolute atomic E-state index is 11.7. The van der Waals surface area contributed by atoms with Crippen molar-refractivity contribution in [2.45, 2.75) is 12.8 Å². The number of ether oxygens (including phenoxy) is 1. The minimum absolute atomic E-state index is 0.318. The fourth-order valence-electron chi connectivity index (χ4n) is 2.71. The van der Waals surface area contributed by atoms with Crippen molar-refractivity contribution in [3.63, 3.8) is 0 Å². The summed E-state index contributed by atoms with van der Waals surface area (Å²) < 4.78 is 4.81. The van der Waals surface area contributed by atoms with Crippen LogP contribution in [-0.2, 0) is 11.2 Å². The van der Waals surface area contributed by atoms with Crippen LogP contribution in [0.5, 0.6) is 0 Å². The molecule has 106 valence electrons. The Morgan fingerprint density at radius 3 is 2.71 bits per heavy atom. The Hall–Kier alpha value is -2.06. The van der Waals surface area contributed by atoms with Crippen LogP contribution < -0.4 is 0 Å². The molecule has 1 aliphatic carbocycles. The summed E-state index contributed by atoms with van der Waals surface area (Å²) >= 11 is 6.32. The molecule has 21 heavy (non-hydrogen) atoms. The number of halogens is 1. The molecular weight excluding hydrogens is 284 g/mol. The van der Waals surface area contributed by atoms with Gasteiger partial charge >= 0.3 is 5.97 Å². The Morgan fingerprint density at radius 1 is 1.14 bits per heavy atom. The molecule has 3 heteroatoms. The van der Waals surface area contributed by atoms with Gasteiger partial charge in [0.05, 0.1) is 12.7 Å². The van der Waals surface area contributed by atoms with E-state index in [2.05, 4.69) is 6.08 Å². The molecule has 0 fully saturated rings. The standard InChI is InChI=1S/C18H15ClO2/c1-21-18(20)13-10-9-12-5-4-7-14(16(12)11-13)15-6-2-3-8-17(15)19/h2-3,6-11H,4-5H2,1H3. The topological polar surface area (TPSA) is 26.3 Å². The fourth-order valence-corrected chi connectivity index (χ4v) is 2.94. The van der Waals surface area contributed by atoms with E-state index in [0.29, 0.717) is 5.56 Å². The number of benzene rings is 2. The van der Waals surface area contributed by atoms with Crippen LogP contribution in [-0.4, -0.2) is 13.1 Å². The number of carbonyl (C=O) groups is 1. The number of esters is 1. The molecule has 1 aliphatic rings. The lowest BCUT2D eigenvalue weighted by molar-refractivity contribution is 0.0600. The number of aryl methyl sites for hydroxylation is 1. The average molecular weight is 299 g/mol. The van der Waals surface area contributed by atoms with Gasteiger partial charge in [-0.15, -0.1) is 0 Å². The van der Waals surface area contributed by atoms with E-state index in [1.807, 2.05) is 42.5 Å². The SMILES string of the molecule is COC(=O)c1ccc2c(c1)C(c1ccccc1Cl)=CCC2. The summed E-state index contributed by atoms with van der Waals surface area (Å²) in [5.41, 5.74) is 4.96.